The second kappa shape index (κ2) is 5.79. The Bertz CT molecular complexity index is 482. The van der Waals surface area contributed by atoms with E-state index in [9.17, 15) is 14.9 Å². The average molecular weight is 263 g/mol. The van der Waals surface area contributed by atoms with Crippen molar-refractivity contribution < 1.29 is 9.72 Å². The first kappa shape index (κ1) is 13.5. The summed E-state index contributed by atoms with van der Waals surface area (Å²) in [5.41, 5.74) is 1.26. The lowest BCUT2D eigenvalue weighted by Gasteiger charge is -2.34. The quantitative estimate of drug-likeness (QED) is 0.458. The fourth-order valence-corrected chi connectivity index (χ4v) is 2.23. The number of benzene rings is 1. The van der Waals surface area contributed by atoms with Crippen molar-refractivity contribution in [3.8, 4) is 0 Å². The summed E-state index contributed by atoms with van der Waals surface area (Å²) < 4.78 is 0. The monoisotopic (exact) mass is 263 g/mol. The van der Waals surface area contributed by atoms with Gasteiger partial charge in [-0.05, 0) is 19.2 Å². The lowest BCUT2D eigenvalue weighted by molar-refractivity contribution is -0.465. The molecule has 2 rings (SSSR count). The fraction of sp³-hybridized carbons (Fsp3) is 0.462. The standard InChI is InChI=1S/C13H17N3O3/c1-14-6-8-15(9-7-14)12-5-3-2-4-11(12)13(17)10-16(18)19/h2-5H,6-10H2,1H3. The third-order valence-electron chi connectivity index (χ3n) is 3.32. The van der Waals surface area contributed by atoms with E-state index in [0.29, 0.717) is 5.56 Å². The Morgan fingerprint density at radius 1 is 1.26 bits per heavy atom. The van der Waals surface area contributed by atoms with Crippen molar-refractivity contribution in [2.45, 2.75) is 0 Å². The van der Waals surface area contributed by atoms with Gasteiger partial charge in [0.2, 0.25) is 5.78 Å². The SMILES string of the molecule is CN1CCN(c2ccccc2C(=O)C[N+](=O)[O-])CC1. The van der Waals surface area contributed by atoms with Gasteiger partial charge in [-0.25, -0.2) is 0 Å². The first-order valence-corrected chi connectivity index (χ1v) is 6.25. The molecule has 6 heteroatoms. The average Bonchev–Trinajstić information content (AvgIpc) is 2.39. The molecule has 1 saturated heterocycles. The van der Waals surface area contributed by atoms with Gasteiger partial charge in [-0.2, -0.15) is 0 Å². The second-order valence-electron chi connectivity index (χ2n) is 4.72. The van der Waals surface area contributed by atoms with Crippen LogP contribution in [0, 0.1) is 10.1 Å². The Morgan fingerprint density at radius 3 is 2.53 bits per heavy atom. The van der Waals surface area contributed by atoms with Crippen molar-refractivity contribution in [2.24, 2.45) is 0 Å². The summed E-state index contributed by atoms with van der Waals surface area (Å²) in [6.07, 6.45) is 0. The molecule has 0 spiro atoms. The number of ketones is 1. The number of likely N-dealkylation sites (N-methyl/N-ethyl adjacent to an activating group) is 1. The lowest BCUT2D eigenvalue weighted by Crippen LogP contribution is -2.45. The molecule has 0 N–H and O–H groups in total. The van der Waals surface area contributed by atoms with Gasteiger partial charge in [0, 0.05) is 42.4 Å². The van der Waals surface area contributed by atoms with Gasteiger partial charge >= 0.3 is 0 Å². The van der Waals surface area contributed by atoms with E-state index >= 15 is 0 Å². The van der Waals surface area contributed by atoms with E-state index in [4.69, 9.17) is 0 Å². The predicted molar refractivity (Wildman–Crippen MR) is 72.3 cm³/mol. The van der Waals surface area contributed by atoms with Crippen LogP contribution in [0.25, 0.3) is 0 Å². The molecular weight excluding hydrogens is 246 g/mol. The molecule has 0 amide bonds. The van der Waals surface area contributed by atoms with E-state index < -0.39 is 17.3 Å². The molecule has 1 aromatic rings. The number of hydrogen-bond donors (Lipinski definition) is 0. The van der Waals surface area contributed by atoms with Crippen LogP contribution in [0.5, 0.6) is 0 Å². The zero-order chi connectivity index (χ0) is 13.8. The van der Waals surface area contributed by atoms with Crippen LogP contribution in [0.3, 0.4) is 0 Å². The number of piperazine rings is 1. The maximum atomic E-state index is 11.9. The van der Waals surface area contributed by atoms with Crippen LogP contribution in [0.1, 0.15) is 10.4 Å². The van der Waals surface area contributed by atoms with Crippen molar-refractivity contribution in [3.63, 3.8) is 0 Å². The highest BCUT2D eigenvalue weighted by molar-refractivity contribution is 6.02. The van der Waals surface area contributed by atoms with Crippen LogP contribution in [-0.4, -0.2) is 55.4 Å². The Labute approximate surface area is 111 Å². The van der Waals surface area contributed by atoms with Crippen LogP contribution >= 0.6 is 0 Å². The van der Waals surface area contributed by atoms with Crippen molar-refractivity contribution >= 4 is 11.5 Å². The number of nitro groups is 1. The molecule has 0 bridgehead atoms. The highest BCUT2D eigenvalue weighted by Gasteiger charge is 2.21. The number of nitrogens with zero attached hydrogens (tertiary/aromatic N) is 3. The molecule has 102 valence electrons. The summed E-state index contributed by atoms with van der Waals surface area (Å²) in [6, 6.07) is 7.13. The van der Waals surface area contributed by atoms with E-state index in [2.05, 4.69) is 16.8 Å². The third kappa shape index (κ3) is 3.29. The molecule has 6 nitrogen and oxygen atoms in total. The van der Waals surface area contributed by atoms with Gasteiger partial charge in [-0.1, -0.05) is 12.1 Å². The molecule has 1 aliphatic rings. The predicted octanol–water partition coefficient (Wildman–Crippen LogP) is 0.898. The van der Waals surface area contributed by atoms with E-state index in [1.807, 2.05) is 12.1 Å². The smallest absolute Gasteiger partial charge is 0.265 e. The molecule has 0 unspecified atom stereocenters. The lowest BCUT2D eigenvalue weighted by atomic mass is 10.1. The molecule has 1 aromatic carbocycles. The molecule has 1 heterocycles. The van der Waals surface area contributed by atoms with Gasteiger partial charge in [0.1, 0.15) is 0 Å². The Balaban J connectivity index is 2.21. The van der Waals surface area contributed by atoms with E-state index in [1.165, 1.54) is 0 Å². The summed E-state index contributed by atoms with van der Waals surface area (Å²) >= 11 is 0. The van der Waals surface area contributed by atoms with E-state index in [-0.39, 0.29) is 0 Å². The number of carbonyl (C=O) groups excluding carboxylic acids is 1. The van der Waals surface area contributed by atoms with Crippen molar-refractivity contribution in [3.05, 3.63) is 39.9 Å². The molecule has 0 aromatic heterocycles. The number of rotatable bonds is 4. The van der Waals surface area contributed by atoms with Gasteiger partial charge in [0.05, 0.1) is 0 Å². The fourth-order valence-electron chi connectivity index (χ4n) is 2.23. The van der Waals surface area contributed by atoms with Gasteiger partial charge < -0.3 is 9.80 Å². The molecule has 0 atom stereocenters. The number of para-hydroxylation sites is 1. The highest BCUT2D eigenvalue weighted by atomic mass is 16.6. The van der Waals surface area contributed by atoms with Crippen LogP contribution in [0.15, 0.2) is 24.3 Å². The number of hydrogen-bond acceptors (Lipinski definition) is 5. The Hall–Kier alpha value is -1.95. The summed E-state index contributed by atoms with van der Waals surface area (Å²) in [6.45, 7) is 2.87. The van der Waals surface area contributed by atoms with Crippen molar-refractivity contribution in [2.75, 3.05) is 44.7 Å². The molecule has 1 aliphatic heterocycles. The van der Waals surface area contributed by atoms with Crippen LogP contribution < -0.4 is 4.90 Å². The normalized spacial score (nSPS) is 16.4. The molecular formula is C13H17N3O3. The van der Waals surface area contributed by atoms with Crippen molar-refractivity contribution in [1.29, 1.82) is 0 Å². The maximum absolute atomic E-state index is 11.9. The largest absolute Gasteiger partial charge is 0.368 e. The third-order valence-corrected chi connectivity index (χ3v) is 3.32. The number of carbonyl (C=O) groups is 1. The van der Waals surface area contributed by atoms with E-state index in [1.54, 1.807) is 12.1 Å². The summed E-state index contributed by atoms with van der Waals surface area (Å²) in [4.78, 5) is 26.1. The Morgan fingerprint density at radius 2 is 1.89 bits per heavy atom. The number of Topliss-reactive ketones (excluding diaryl/α,β-unsaturated/α-hetero) is 1. The maximum Gasteiger partial charge on any atom is 0.265 e. The second-order valence-corrected chi connectivity index (χ2v) is 4.72. The molecule has 0 saturated carbocycles. The van der Waals surface area contributed by atoms with Gasteiger partial charge in [0.25, 0.3) is 6.54 Å². The summed E-state index contributed by atoms with van der Waals surface area (Å²) in [5, 5.41) is 10.5. The van der Waals surface area contributed by atoms with Crippen LogP contribution in [0.4, 0.5) is 5.69 Å². The first-order chi connectivity index (χ1) is 9.08. The summed E-state index contributed by atoms with van der Waals surface area (Å²) in [7, 11) is 2.06. The minimum Gasteiger partial charge on any atom is -0.368 e. The zero-order valence-electron chi connectivity index (χ0n) is 10.9. The zero-order valence-corrected chi connectivity index (χ0v) is 10.9. The minimum atomic E-state index is -0.648. The molecule has 0 radical (unpaired) electrons. The van der Waals surface area contributed by atoms with Gasteiger partial charge in [-0.3, -0.25) is 14.9 Å². The molecule has 0 aliphatic carbocycles. The van der Waals surface area contributed by atoms with Crippen molar-refractivity contribution in [1.82, 2.24) is 4.90 Å². The van der Waals surface area contributed by atoms with Crippen LogP contribution in [-0.2, 0) is 0 Å². The minimum absolute atomic E-state index is 0.431. The summed E-state index contributed by atoms with van der Waals surface area (Å²) in [5.74, 6) is -0.431. The molecule has 1 fully saturated rings. The first-order valence-electron chi connectivity index (χ1n) is 6.25. The van der Waals surface area contributed by atoms with Gasteiger partial charge in [-0.15, -0.1) is 0 Å². The van der Waals surface area contributed by atoms with E-state index in [0.717, 1.165) is 31.9 Å². The number of anilines is 1. The Kier molecular flexibility index (Phi) is 4.11. The topological polar surface area (TPSA) is 66.7 Å². The molecule has 19 heavy (non-hydrogen) atoms. The highest BCUT2D eigenvalue weighted by Crippen LogP contribution is 2.22. The van der Waals surface area contributed by atoms with Crippen LogP contribution in [0.2, 0.25) is 0 Å². The van der Waals surface area contributed by atoms with Gasteiger partial charge in [0.15, 0.2) is 0 Å².